The second-order valence-electron chi connectivity index (χ2n) is 3.59. The van der Waals surface area contributed by atoms with Gasteiger partial charge in [-0.2, -0.15) is 0 Å². The van der Waals surface area contributed by atoms with Gasteiger partial charge in [0.15, 0.2) is 0 Å². The van der Waals surface area contributed by atoms with Crippen molar-refractivity contribution in [2.24, 2.45) is 0 Å². The molecule has 4 nitrogen and oxygen atoms in total. The molecule has 3 aromatic rings. The summed E-state index contributed by atoms with van der Waals surface area (Å²) in [4.78, 5) is 7.62. The second kappa shape index (κ2) is 3.73. The van der Waals surface area contributed by atoms with Crippen LogP contribution in [0.25, 0.3) is 11.0 Å². The van der Waals surface area contributed by atoms with E-state index in [1.54, 1.807) is 12.5 Å². The Hall–Kier alpha value is -2.23. The fourth-order valence-corrected chi connectivity index (χ4v) is 1.62. The van der Waals surface area contributed by atoms with E-state index in [1.807, 2.05) is 30.3 Å². The van der Waals surface area contributed by atoms with Crippen LogP contribution >= 0.6 is 0 Å². The number of imidazole rings is 1. The average Bonchev–Trinajstić information content (AvgIpc) is 2.95. The van der Waals surface area contributed by atoms with Crippen molar-refractivity contribution < 1.29 is 4.42 Å². The van der Waals surface area contributed by atoms with Gasteiger partial charge in [-0.3, -0.25) is 0 Å². The monoisotopic (exact) mass is 213 g/mol. The van der Waals surface area contributed by atoms with Crippen LogP contribution in [0.1, 0.15) is 5.56 Å². The van der Waals surface area contributed by atoms with Crippen molar-refractivity contribution in [2.45, 2.75) is 6.54 Å². The molecule has 0 atom stereocenters. The molecule has 0 aliphatic carbocycles. The maximum absolute atomic E-state index is 4.99. The molecular formula is C12H11N3O. The molecule has 4 heteroatoms. The number of furan rings is 1. The van der Waals surface area contributed by atoms with Gasteiger partial charge < -0.3 is 14.7 Å². The van der Waals surface area contributed by atoms with Crippen LogP contribution in [0.2, 0.25) is 0 Å². The number of hydrogen-bond donors (Lipinski definition) is 2. The van der Waals surface area contributed by atoms with Crippen molar-refractivity contribution in [3.8, 4) is 0 Å². The minimum absolute atomic E-state index is 0.705. The third kappa shape index (κ3) is 1.65. The van der Waals surface area contributed by atoms with Gasteiger partial charge in [0, 0.05) is 12.1 Å². The van der Waals surface area contributed by atoms with Crippen LogP contribution in [0.5, 0.6) is 0 Å². The smallest absolute Gasteiger partial charge is 0.201 e. The Bertz CT molecular complexity index is 550. The fraction of sp³-hybridized carbons (Fsp3) is 0.0833. The molecule has 0 spiro atoms. The maximum atomic E-state index is 4.99. The van der Waals surface area contributed by atoms with Crippen molar-refractivity contribution >= 4 is 17.0 Å². The number of hydrogen-bond acceptors (Lipinski definition) is 3. The molecule has 3 rings (SSSR count). The average molecular weight is 213 g/mol. The second-order valence-corrected chi connectivity index (χ2v) is 3.59. The number of rotatable bonds is 3. The van der Waals surface area contributed by atoms with E-state index in [0.29, 0.717) is 6.54 Å². The van der Waals surface area contributed by atoms with Crippen LogP contribution in [0.4, 0.5) is 5.95 Å². The SMILES string of the molecule is c1ccc2[nH]c(NCc3ccoc3)nc2c1. The lowest BCUT2D eigenvalue weighted by molar-refractivity contribution is 0.564. The third-order valence-corrected chi connectivity index (χ3v) is 2.43. The molecule has 0 fully saturated rings. The van der Waals surface area contributed by atoms with Crippen LogP contribution in [-0.4, -0.2) is 9.97 Å². The Balaban J connectivity index is 1.79. The Morgan fingerprint density at radius 1 is 1.25 bits per heavy atom. The number of nitrogens with one attached hydrogen (secondary N) is 2. The number of para-hydroxylation sites is 2. The third-order valence-electron chi connectivity index (χ3n) is 2.43. The van der Waals surface area contributed by atoms with Crippen molar-refractivity contribution in [3.05, 3.63) is 48.4 Å². The zero-order valence-corrected chi connectivity index (χ0v) is 8.60. The molecule has 80 valence electrons. The van der Waals surface area contributed by atoms with Gasteiger partial charge in [-0.25, -0.2) is 4.98 Å². The van der Waals surface area contributed by atoms with Gasteiger partial charge in [-0.1, -0.05) is 12.1 Å². The quantitative estimate of drug-likeness (QED) is 0.703. The first-order valence-electron chi connectivity index (χ1n) is 5.11. The lowest BCUT2D eigenvalue weighted by Crippen LogP contribution is -1.99. The van der Waals surface area contributed by atoms with Gasteiger partial charge in [0.2, 0.25) is 5.95 Å². The zero-order valence-electron chi connectivity index (χ0n) is 8.60. The number of fused-ring (bicyclic) bond motifs is 1. The normalized spacial score (nSPS) is 10.8. The predicted molar refractivity (Wildman–Crippen MR) is 62.1 cm³/mol. The Morgan fingerprint density at radius 3 is 3.00 bits per heavy atom. The van der Waals surface area contributed by atoms with E-state index in [9.17, 15) is 0 Å². The number of H-pyrrole nitrogens is 1. The minimum Gasteiger partial charge on any atom is -0.472 e. The van der Waals surface area contributed by atoms with Crippen molar-refractivity contribution in [1.82, 2.24) is 9.97 Å². The highest BCUT2D eigenvalue weighted by Crippen LogP contribution is 2.14. The van der Waals surface area contributed by atoms with E-state index in [4.69, 9.17) is 4.42 Å². The van der Waals surface area contributed by atoms with E-state index >= 15 is 0 Å². The van der Waals surface area contributed by atoms with Crippen molar-refractivity contribution in [1.29, 1.82) is 0 Å². The highest BCUT2D eigenvalue weighted by molar-refractivity contribution is 5.77. The number of aromatic nitrogens is 2. The molecule has 0 radical (unpaired) electrons. The first-order valence-corrected chi connectivity index (χ1v) is 5.11. The van der Waals surface area contributed by atoms with Crippen molar-refractivity contribution in [3.63, 3.8) is 0 Å². The maximum Gasteiger partial charge on any atom is 0.201 e. The number of benzene rings is 1. The van der Waals surface area contributed by atoms with Gasteiger partial charge in [0.25, 0.3) is 0 Å². The Kier molecular flexibility index (Phi) is 2.11. The highest BCUT2D eigenvalue weighted by Gasteiger charge is 2.01. The lowest BCUT2D eigenvalue weighted by atomic mass is 10.3. The van der Waals surface area contributed by atoms with Gasteiger partial charge in [0.05, 0.1) is 23.6 Å². The van der Waals surface area contributed by atoms with Crippen LogP contribution in [0.15, 0.2) is 47.3 Å². The van der Waals surface area contributed by atoms with Gasteiger partial charge >= 0.3 is 0 Å². The first-order chi connectivity index (χ1) is 7.92. The molecule has 2 aromatic heterocycles. The summed E-state index contributed by atoms with van der Waals surface area (Å²) < 4.78 is 4.99. The van der Waals surface area contributed by atoms with Crippen LogP contribution in [0.3, 0.4) is 0 Å². The van der Waals surface area contributed by atoms with Gasteiger partial charge in [0.1, 0.15) is 0 Å². The number of nitrogens with zero attached hydrogens (tertiary/aromatic N) is 1. The first kappa shape index (κ1) is 9.03. The summed E-state index contributed by atoms with van der Waals surface area (Å²) in [5.74, 6) is 0.780. The van der Waals surface area contributed by atoms with Crippen LogP contribution in [0, 0.1) is 0 Å². The molecule has 0 unspecified atom stereocenters. The zero-order chi connectivity index (χ0) is 10.8. The van der Waals surface area contributed by atoms with Gasteiger partial charge in [-0.15, -0.1) is 0 Å². The molecule has 0 bridgehead atoms. The molecule has 2 heterocycles. The lowest BCUT2D eigenvalue weighted by Gasteiger charge is -1.98. The van der Waals surface area contributed by atoms with Gasteiger partial charge in [-0.05, 0) is 18.2 Å². The van der Waals surface area contributed by atoms with E-state index < -0.39 is 0 Å². The topological polar surface area (TPSA) is 53.9 Å². The molecular weight excluding hydrogens is 202 g/mol. The Morgan fingerprint density at radius 2 is 2.19 bits per heavy atom. The van der Waals surface area contributed by atoms with E-state index in [2.05, 4.69) is 15.3 Å². The molecule has 0 aliphatic rings. The summed E-state index contributed by atoms with van der Waals surface area (Å²) in [6.07, 6.45) is 3.38. The summed E-state index contributed by atoms with van der Waals surface area (Å²) in [5.41, 5.74) is 3.11. The summed E-state index contributed by atoms with van der Waals surface area (Å²) in [5, 5.41) is 3.21. The fourth-order valence-electron chi connectivity index (χ4n) is 1.62. The molecule has 1 aromatic carbocycles. The van der Waals surface area contributed by atoms with E-state index in [1.165, 1.54) is 0 Å². The van der Waals surface area contributed by atoms with Crippen LogP contribution in [-0.2, 0) is 6.54 Å². The molecule has 16 heavy (non-hydrogen) atoms. The van der Waals surface area contributed by atoms with Crippen molar-refractivity contribution in [2.75, 3.05) is 5.32 Å². The summed E-state index contributed by atoms with van der Waals surface area (Å²) in [6.45, 7) is 0.705. The molecule has 0 aliphatic heterocycles. The largest absolute Gasteiger partial charge is 0.472 e. The number of aromatic amines is 1. The van der Waals surface area contributed by atoms with E-state index in [-0.39, 0.29) is 0 Å². The molecule has 2 N–H and O–H groups in total. The standard InChI is InChI=1S/C12H11N3O/c1-2-4-11-10(3-1)14-12(15-11)13-7-9-5-6-16-8-9/h1-6,8H,7H2,(H2,13,14,15). The molecule has 0 amide bonds. The van der Waals surface area contributed by atoms with Crippen LogP contribution < -0.4 is 5.32 Å². The summed E-state index contributed by atoms with van der Waals surface area (Å²) >= 11 is 0. The number of anilines is 1. The minimum atomic E-state index is 0.705. The highest BCUT2D eigenvalue weighted by atomic mass is 16.3. The Labute approximate surface area is 92.3 Å². The summed E-state index contributed by atoms with van der Waals surface area (Å²) in [6, 6.07) is 9.87. The molecule has 0 saturated heterocycles. The predicted octanol–water partition coefficient (Wildman–Crippen LogP) is 2.77. The molecule has 0 saturated carbocycles. The summed E-state index contributed by atoms with van der Waals surface area (Å²) in [7, 11) is 0. The van der Waals surface area contributed by atoms with E-state index in [0.717, 1.165) is 22.5 Å².